The minimum absolute atomic E-state index is 0.0131. The van der Waals surface area contributed by atoms with Crippen LogP contribution in [0.5, 0.6) is 11.5 Å². The zero-order chi connectivity index (χ0) is 26.7. The van der Waals surface area contributed by atoms with Crippen molar-refractivity contribution in [3.05, 3.63) is 18.5 Å². The van der Waals surface area contributed by atoms with E-state index in [0.29, 0.717) is 52.3 Å². The number of carbonyl (C=O) groups is 1. The van der Waals surface area contributed by atoms with Crippen molar-refractivity contribution in [2.75, 3.05) is 51.6 Å². The van der Waals surface area contributed by atoms with Crippen LogP contribution in [-0.2, 0) is 6.54 Å². The van der Waals surface area contributed by atoms with Gasteiger partial charge in [0.25, 0.3) is 0 Å². The molecule has 4 heterocycles. The summed E-state index contributed by atoms with van der Waals surface area (Å²) in [4.78, 5) is 26.3. The molecule has 12 nitrogen and oxygen atoms in total. The third-order valence-corrected chi connectivity index (χ3v) is 8.91. The molecule has 2 aromatic heterocycles. The fourth-order valence-corrected chi connectivity index (χ4v) is 6.58. The molecule has 0 atom stereocenters. The van der Waals surface area contributed by atoms with E-state index in [1.807, 2.05) is 16.8 Å². The summed E-state index contributed by atoms with van der Waals surface area (Å²) in [5.74, 6) is 2.16. The first-order chi connectivity index (χ1) is 18.9. The Hall–Kier alpha value is -3.64. The molecule has 2 bridgehead atoms. The van der Waals surface area contributed by atoms with E-state index >= 15 is 0 Å². The van der Waals surface area contributed by atoms with Crippen LogP contribution < -0.4 is 25.8 Å². The van der Waals surface area contributed by atoms with E-state index in [9.17, 15) is 4.79 Å². The molecule has 3 saturated carbocycles. The van der Waals surface area contributed by atoms with Crippen LogP contribution in [0.15, 0.2) is 18.5 Å². The lowest BCUT2D eigenvalue weighted by atomic mass is 9.50. The summed E-state index contributed by atoms with van der Waals surface area (Å²) >= 11 is 0. The number of nitrogens with zero attached hydrogens (tertiary/aromatic N) is 6. The van der Waals surface area contributed by atoms with E-state index in [4.69, 9.17) is 20.3 Å². The predicted octanol–water partition coefficient (Wildman–Crippen LogP) is 2.50. The number of likely N-dealkylation sites (tertiary alicyclic amines) is 1. The summed E-state index contributed by atoms with van der Waals surface area (Å²) in [5.41, 5.74) is 8.96. The monoisotopic (exact) mass is 533 g/mol. The average molecular weight is 534 g/mol. The van der Waals surface area contributed by atoms with Gasteiger partial charge in [0.2, 0.25) is 6.79 Å². The average Bonchev–Trinajstić information content (AvgIpc) is 3.51. The third-order valence-electron chi connectivity index (χ3n) is 8.91. The van der Waals surface area contributed by atoms with Crippen molar-refractivity contribution in [3.63, 3.8) is 0 Å². The fourth-order valence-electron chi connectivity index (χ4n) is 6.58. The molecule has 2 amide bonds. The molecule has 39 heavy (non-hydrogen) atoms. The van der Waals surface area contributed by atoms with E-state index in [2.05, 4.69) is 44.5 Å². The largest absolute Gasteiger partial charge is 0.453 e. The number of urea groups is 1. The van der Waals surface area contributed by atoms with Crippen LogP contribution in [-0.4, -0.2) is 87.7 Å². The summed E-state index contributed by atoms with van der Waals surface area (Å²) in [6.07, 6.45) is 7.02. The van der Waals surface area contributed by atoms with E-state index in [-0.39, 0.29) is 18.4 Å². The number of fused-ring (bicyclic) bond motifs is 2. The first-order valence-electron chi connectivity index (χ1n) is 13.8. The molecule has 206 valence electrons. The number of aromatic nitrogens is 4. The molecule has 2 aliphatic heterocycles. The first-order valence-corrected chi connectivity index (χ1v) is 13.8. The molecule has 4 N–H and O–H groups in total. The van der Waals surface area contributed by atoms with Crippen molar-refractivity contribution in [3.8, 4) is 22.8 Å². The van der Waals surface area contributed by atoms with Gasteiger partial charge in [0, 0.05) is 23.7 Å². The van der Waals surface area contributed by atoms with Gasteiger partial charge in [0.15, 0.2) is 17.1 Å². The molecule has 0 spiro atoms. The van der Waals surface area contributed by atoms with E-state index in [1.165, 1.54) is 6.33 Å². The number of anilines is 2. The van der Waals surface area contributed by atoms with Gasteiger partial charge < -0.3 is 35.6 Å². The molecule has 0 unspecified atom stereocenters. The maximum atomic E-state index is 12.7. The Morgan fingerprint density at radius 2 is 1.90 bits per heavy atom. The Balaban J connectivity index is 1.14. The topological polar surface area (TPSA) is 136 Å². The maximum Gasteiger partial charge on any atom is 0.319 e. The van der Waals surface area contributed by atoms with Gasteiger partial charge in [-0.25, -0.2) is 19.4 Å². The first kappa shape index (κ1) is 24.4. The Morgan fingerprint density at radius 3 is 2.62 bits per heavy atom. The SMILES string of the molecule is CN(C)C1CCN(CCn2nc(-c3ccc(NC(=O)NC45CC(C4)C5)c4c3OCO4)c3c(N)ncnc32)CC1. The molecule has 3 aliphatic carbocycles. The number of carbonyl (C=O) groups excluding carboxylic acids is 1. The number of hydrogen-bond donors (Lipinski definition) is 3. The van der Waals surface area contributed by atoms with Crippen LogP contribution in [0.2, 0.25) is 0 Å². The van der Waals surface area contributed by atoms with Crippen LogP contribution in [0, 0.1) is 5.92 Å². The summed E-state index contributed by atoms with van der Waals surface area (Å²) in [5, 5.41) is 11.7. The molecule has 5 aliphatic rings. The van der Waals surface area contributed by atoms with Gasteiger partial charge in [-0.05, 0) is 77.3 Å². The standard InChI is InChI=1S/C27H35N9O3/c1-34(2)17-5-7-35(8-6-17)9-10-36-25-20(24(28)29-14-30-25)21(33-36)18-3-4-19(23-22(18)38-15-39-23)31-26(37)32-27-11-16(12-27)13-27/h3-4,14,16-17H,5-13,15H2,1-2H3,(H2,28,29,30)(H2,31,32,37). The van der Waals surface area contributed by atoms with Crippen molar-refractivity contribution in [2.45, 2.75) is 50.2 Å². The second kappa shape index (κ2) is 9.23. The number of nitrogens with one attached hydrogen (secondary N) is 2. The molecule has 0 radical (unpaired) electrons. The number of amides is 2. The lowest BCUT2D eigenvalue weighted by Gasteiger charge is -2.61. The molecule has 1 saturated heterocycles. The third kappa shape index (κ3) is 4.22. The van der Waals surface area contributed by atoms with Crippen molar-refractivity contribution in [1.29, 1.82) is 0 Å². The second-order valence-corrected chi connectivity index (χ2v) is 11.6. The number of benzene rings is 1. The number of ether oxygens (including phenoxy) is 2. The molecule has 1 aromatic carbocycles. The Labute approximate surface area is 226 Å². The normalized spacial score (nSPS) is 24.0. The van der Waals surface area contributed by atoms with Gasteiger partial charge in [0.05, 0.1) is 17.6 Å². The molecule has 12 heteroatoms. The predicted molar refractivity (Wildman–Crippen MR) is 147 cm³/mol. The van der Waals surface area contributed by atoms with E-state index < -0.39 is 0 Å². The molecule has 3 aromatic rings. The van der Waals surface area contributed by atoms with Crippen molar-refractivity contribution >= 4 is 28.6 Å². The van der Waals surface area contributed by atoms with Crippen molar-refractivity contribution in [1.82, 2.24) is 34.9 Å². The summed E-state index contributed by atoms with van der Waals surface area (Å²) < 4.78 is 13.6. The number of nitrogens with two attached hydrogens (primary N) is 1. The number of hydrogen-bond acceptors (Lipinski definition) is 9. The van der Waals surface area contributed by atoms with Crippen LogP contribution in [0.25, 0.3) is 22.3 Å². The quantitative estimate of drug-likeness (QED) is 0.418. The molecule has 8 rings (SSSR count). The number of piperidine rings is 1. The summed E-state index contributed by atoms with van der Waals surface area (Å²) in [7, 11) is 4.31. The highest BCUT2D eigenvalue weighted by molar-refractivity contribution is 6.01. The van der Waals surface area contributed by atoms with E-state index in [1.54, 1.807) is 0 Å². The van der Waals surface area contributed by atoms with Gasteiger partial charge >= 0.3 is 6.03 Å². The molecular formula is C27H35N9O3. The van der Waals surface area contributed by atoms with Gasteiger partial charge in [-0.3, -0.25) is 0 Å². The minimum atomic E-state index is -0.222. The van der Waals surface area contributed by atoms with Crippen molar-refractivity contribution in [2.24, 2.45) is 5.92 Å². The van der Waals surface area contributed by atoms with Gasteiger partial charge in [-0.15, -0.1) is 0 Å². The van der Waals surface area contributed by atoms with Crippen LogP contribution in [0.4, 0.5) is 16.3 Å². The summed E-state index contributed by atoms with van der Waals surface area (Å²) in [6.45, 7) is 3.74. The Morgan fingerprint density at radius 1 is 1.13 bits per heavy atom. The Bertz CT molecular complexity index is 1410. The number of rotatable bonds is 7. The van der Waals surface area contributed by atoms with Crippen LogP contribution in [0.1, 0.15) is 32.1 Å². The zero-order valence-electron chi connectivity index (χ0n) is 22.4. The van der Waals surface area contributed by atoms with Gasteiger partial charge in [-0.1, -0.05) is 0 Å². The van der Waals surface area contributed by atoms with Gasteiger partial charge in [-0.2, -0.15) is 5.10 Å². The Kier molecular flexibility index (Phi) is 5.78. The molecule has 4 fully saturated rings. The second-order valence-electron chi connectivity index (χ2n) is 11.6. The minimum Gasteiger partial charge on any atom is -0.453 e. The lowest BCUT2D eigenvalue weighted by molar-refractivity contribution is -0.0390. The number of nitrogen functional groups attached to an aromatic ring is 1. The van der Waals surface area contributed by atoms with Crippen LogP contribution in [0.3, 0.4) is 0 Å². The van der Waals surface area contributed by atoms with Crippen LogP contribution >= 0.6 is 0 Å². The molecular weight excluding hydrogens is 498 g/mol. The zero-order valence-corrected chi connectivity index (χ0v) is 22.4. The highest BCUT2D eigenvalue weighted by atomic mass is 16.7. The van der Waals surface area contributed by atoms with E-state index in [0.717, 1.165) is 63.2 Å². The maximum absolute atomic E-state index is 12.7. The lowest BCUT2D eigenvalue weighted by Crippen LogP contribution is -2.68. The highest BCUT2D eigenvalue weighted by Gasteiger charge is 2.57. The highest BCUT2D eigenvalue weighted by Crippen LogP contribution is 2.57. The van der Waals surface area contributed by atoms with Crippen molar-refractivity contribution < 1.29 is 14.3 Å². The van der Waals surface area contributed by atoms with Gasteiger partial charge in [0.1, 0.15) is 17.8 Å². The summed E-state index contributed by atoms with van der Waals surface area (Å²) in [6, 6.07) is 4.13. The smallest absolute Gasteiger partial charge is 0.319 e. The fraction of sp³-hybridized carbons (Fsp3) is 0.556.